The van der Waals surface area contributed by atoms with Crippen LogP contribution < -0.4 is 4.72 Å². The summed E-state index contributed by atoms with van der Waals surface area (Å²) in [5.74, 6) is -0.132. The predicted molar refractivity (Wildman–Crippen MR) is 130 cm³/mol. The maximum atomic E-state index is 13.4. The Morgan fingerprint density at radius 3 is 2.29 bits per heavy atom. The van der Waals surface area contributed by atoms with Crippen molar-refractivity contribution in [3.05, 3.63) is 108 Å². The molecule has 172 valence electrons. The topological polar surface area (TPSA) is 85.4 Å². The standard InChI is InChI=1S/C27H24N2O4S/c30-27(23-17-25(19-15-16-19)29-24-14-8-7-13-22(23)24)33-26(20-9-3-1-4-10-20)18-28-34(31,32)21-11-5-2-6-12-21/h1-14,17,19,26,28H,15-16,18H2. The van der Waals surface area contributed by atoms with Crippen LogP contribution in [0.4, 0.5) is 0 Å². The van der Waals surface area contributed by atoms with Crippen LogP contribution in [0, 0.1) is 0 Å². The second kappa shape index (κ2) is 9.37. The Morgan fingerprint density at radius 2 is 1.59 bits per heavy atom. The van der Waals surface area contributed by atoms with Gasteiger partial charge in [-0.2, -0.15) is 0 Å². The van der Waals surface area contributed by atoms with Crippen LogP contribution in [0.3, 0.4) is 0 Å². The smallest absolute Gasteiger partial charge is 0.339 e. The van der Waals surface area contributed by atoms with Gasteiger partial charge < -0.3 is 4.74 Å². The molecular formula is C27H24N2O4S. The number of hydrogen-bond donors (Lipinski definition) is 1. The summed E-state index contributed by atoms with van der Waals surface area (Å²) in [6, 6.07) is 26.6. The van der Waals surface area contributed by atoms with Gasteiger partial charge in [-0.15, -0.1) is 0 Å². The number of hydrogen-bond acceptors (Lipinski definition) is 5. The summed E-state index contributed by atoms with van der Waals surface area (Å²) in [7, 11) is -3.76. The lowest BCUT2D eigenvalue weighted by molar-refractivity contribution is 0.0310. The monoisotopic (exact) mass is 472 g/mol. The highest BCUT2D eigenvalue weighted by molar-refractivity contribution is 7.89. The molecule has 0 spiro atoms. The number of fused-ring (bicyclic) bond motifs is 1. The highest BCUT2D eigenvalue weighted by atomic mass is 32.2. The molecule has 5 rings (SSSR count). The Hall–Kier alpha value is -3.55. The second-order valence-corrected chi connectivity index (χ2v) is 10.1. The van der Waals surface area contributed by atoms with E-state index in [0.29, 0.717) is 22.4 Å². The van der Waals surface area contributed by atoms with E-state index in [1.54, 1.807) is 18.2 Å². The van der Waals surface area contributed by atoms with E-state index < -0.39 is 22.1 Å². The SMILES string of the molecule is O=C(OC(CNS(=O)(=O)c1ccccc1)c1ccccc1)c1cc(C2CC2)nc2ccccc12. The van der Waals surface area contributed by atoms with Crippen molar-refractivity contribution in [2.45, 2.75) is 29.8 Å². The number of para-hydroxylation sites is 1. The van der Waals surface area contributed by atoms with E-state index in [4.69, 9.17) is 9.72 Å². The lowest BCUT2D eigenvalue weighted by Gasteiger charge is -2.20. The number of esters is 1. The van der Waals surface area contributed by atoms with Gasteiger partial charge in [0.25, 0.3) is 0 Å². The Morgan fingerprint density at radius 1 is 0.941 bits per heavy atom. The highest BCUT2D eigenvalue weighted by Crippen LogP contribution is 2.40. The first-order valence-corrected chi connectivity index (χ1v) is 12.7. The number of rotatable bonds is 8. The summed E-state index contributed by atoms with van der Waals surface area (Å²) in [5.41, 5.74) is 2.79. The largest absolute Gasteiger partial charge is 0.452 e. The van der Waals surface area contributed by atoms with Gasteiger partial charge in [0.2, 0.25) is 10.0 Å². The van der Waals surface area contributed by atoms with Crippen molar-refractivity contribution < 1.29 is 17.9 Å². The maximum Gasteiger partial charge on any atom is 0.339 e. The number of aromatic nitrogens is 1. The molecule has 1 fully saturated rings. The van der Waals surface area contributed by atoms with Crippen LogP contribution in [-0.4, -0.2) is 25.9 Å². The van der Waals surface area contributed by atoms with Gasteiger partial charge in [0.15, 0.2) is 0 Å². The molecule has 1 aromatic heterocycles. The lowest BCUT2D eigenvalue weighted by atomic mass is 10.1. The number of ether oxygens (including phenoxy) is 1. The fourth-order valence-corrected chi connectivity index (χ4v) is 4.96. The van der Waals surface area contributed by atoms with Crippen LogP contribution in [0.1, 0.15) is 46.5 Å². The van der Waals surface area contributed by atoms with Gasteiger partial charge in [0.1, 0.15) is 6.10 Å². The number of sulfonamides is 1. The zero-order valence-electron chi connectivity index (χ0n) is 18.4. The normalized spacial score (nSPS) is 14.6. The number of benzene rings is 3. The fourth-order valence-electron chi connectivity index (χ4n) is 3.91. The van der Waals surface area contributed by atoms with E-state index in [1.807, 2.05) is 60.7 Å². The average Bonchev–Trinajstić information content (AvgIpc) is 3.72. The molecule has 1 atom stereocenters. The number of nitrogens with one attached hydrogen (secondary N) is 1. The first-order chi connectivity index (χ1) is 16.5. The van der Waals surface area contributed by atoms with Crippen LogP contribution in [0.25, 0.3) is 10.9 Å². The maximum absolute atomic E-state index is 13.4. The molecule has 7 heteroatoms. The van der Waals surface area contributed by atoms with Gasteiger partial charge in [-0.25, -0.2) is 17.9 Å². The summed E-state index contributed by atoms with van der Waals surface area (Å²) in [6.45, 7) is -0.0918. The van der Waals surface area contributed by atoms with Gasteiger partial charge >= 0.3 is 5.97 Å². The molecule has 0 amide bonds. The van der Waals surface area contributed by atoms with E-state index in [1.165, 1.54) is 12.1 Å². The van der Waals surface area contributed by atoms with E-state index >= 15 is 0 Å². The number of carbonyl (C=O) groups is 1. The van der Waals surface area contributed by atoms with E-state index in [-0.39, 0.29) is 11.4 Å². The zero-order valence-corrected chi connectivity index (χ0v) is 19.2. The molecule has 1 saturated carbocycles. The van der Waals surface area contributed by atoms with Gasteiger partial charge in [0, 0.05) is 17.0 Å². The Labute approximate surface area is 198 Å². The van der Waals surface area contributed by atoms with Crippen LogP contribution in [0.2, 0.25) is 0 Å². The zero-order chi connectivity index (χ0) is 23.5. The molecule has 34 heavy (non-hydrogen) atoms. The van der Waals surface area contributed by atoms with E-state index in [0.717, 1.165) is 24.1 Å². The number of nitrogens with zero attached hydrogens (tertiary/aromatic N) is 1. The summed E-state index contributed by atoms with van der Waals surface area (Å²) in [4.78, 5) is 18.3. The second-order valence-electron chi connectivity index (χ2n) is 8.36. The minimum Gasteiger partial charge on any atom is -0.452 e. The van der Waals surface area contributed by atoms with Crippen LogP contribution in [0.15, 0.2) is 95.9 Å². The molecular weight excluding hydrogens is 448 g/mol. The molecule has 0 bridgehead atoms. The molecule has 1 heterocycles. The Kier molecular flexibility index (Phi) is 6.13. The van der Waals surface area contributed by atoms with E-state index in [2.05, 4.69) is 4.72 Å². The molecule has 1 aliphatic rings. The average molecular weight is 473 g/mol. The quantitative estimate of drug-likeness (QED) is 0.365. The molecule has 1 N–H and O–H groups in total. The third-order valence-electron chi connectivity index (χ3n) is 5.88. The highest BCUT2D eigenvalue weighted by Gasteiger charge is 2.28. The van der Waals surface area contributed by atoms with Crippen molar-refractivity contribution in [3.8, 4) is 0 Å². The van der Waals surface area contributed by atoms with Crippen molar-refractivity contribution >= 4 is 26.9 Å². The van der Waals surface area contributed by atoms with Gasteiger partial charge in [-0.3, -0.25) is 4.98 Å². The third-order valence-corrected chi connectivity index (χ3v) is 7.32. The third kappa shape index (κ3) is 4.85. The molecule has 1 unspecified atom stereocenters. The number of carbonyl (C=O) groups excluding carboxylic acids is 1. The number of pyridine rings is 1. The summed E-state index contributed by atoms with van der Waals surface area (Å²) in [6.07, 6.45) is 1.32. The van der Waals surface area contributed by atoms with Crippen LogP contribution in [-0.2, 0) is 14.8 Å². The van der Waals surface area contributed by atoms with Gasteiger partial charge in [0.05, 0.1) is 22.5 Å². The minimum atomic E-state index is -3.76. The van der Waals surface area contributed by atoms with Crippen molar-refractivity contribution in [2.75, 3.05) is 6.54 Å². The summed E-state index contributed by atoms with van der Waals surface area (Å²) >= 11 is 0. The summed E-state index contributed by atoms with van der Waals surface area (Å²) < 4.78 is 34.0. The summed E-state index contributed by atoms with van der Waals surface area (Å²) in [5, 5.41) is 0.716. The minimum absolute atomic E-state index is 0.0918. The molecule has 6 nitrogen and oxygen atoms in total. The molecule has 0 aliphatic heterocycles. The van der Waals surface area contributed by atoms with Crippen LogP contribution >= 0.6 is 0 Å². The molecule has 4 aromatic rings. The molecule has 0 saturated heterocycles. The van der Waals surface area contributed by atoms with Crippen molar-refractivity contribution in [1.82, 2.24) is 9.71 Å². The van der Waals surface area contributed by atoms with Gasteiger partial charge in [-0.1, -0.05) is 66.7 Å². The first-order valence-electron chi connectivity index (χ1n) is 11.2. The van der Waals surface area contributed by atoms with E-state index in [9.17, 15) is 13.2 Å². The van der Waals surface area contributed by atoms with Crippen molar-refractivity contribution in [3.63, 3.8) is 0 Å². The molecule has 1 aliphatic carbocycles. The van der Waals surface area contributed by atoms with Crippen molar-refractivity contribution in [1.29, 1.82) is 0 Å². The Balaban J connectivity index is 1.44. The van der Waals surface area contributed by atoms with Crippen LogP contribution in [0.5, 0.6) is 0 Å². The molecule has 3 aromatic carbocycles. The van der Waals surface area contributed by atoms with Gasteiger partial charge in [-0.05, 0) is 42.7 Å². The lowest BCUT2D eigenvalue weighted by Crippen LogP contribution is -2.30. The molecule has 0 radical (unpaired) electrons. The fraction of sp³-hybridized carbons (Fsp3) is 0.185. The first kappa shape index (κ1) is 22.3. The Bertz CT molecular complexity index is 1420. The predicted octanol–water partition coefficient (Wildman–Crippen LogP) is 4.99. The van der Waals surface area contributed by atoms with Crippen molar-refractivity contribution in [2.24, 2.45) is 0 Å².